The predicted octanol–water partition coefficient (Wildman–Crippen LogP) is 1.26. The van der Waals surface area contributed by atoms with Crippen molar-refractivity contribution in [1.29, 1.82) is 0 Å². The summed E-state index contributed by atoms with van der Waals surface area (Å²) in [4.78, 5) is 13.8. The Morgan fingerprint density at radius 1 is 1.69 bits per heavy atom. The van der Waals surface area contributed by atoms with Gasteiger partial charge in [0.25, 0.3) is 0 Å². The highest BCUT2D eigenvalue weighted by atomic mass is 35.5. The van der Waals surface area contributed by atoms with Crippen LogP contribution in [0, 0.1) is 11.8 Å². The quantitative estimate of drug-likeness (QED) is 0.416. The van der Waals surface area contributed by atoms with Gasteiger partial charge in [-0.3, -0.25) is 0 Å². The van der Waals surface area contributed by atoms with E-state index in [1.807, 2.05) is 0 Å². The van der Waals surface area contributed by atoms with E-state index in [1.165, 1.54) is 6.20 Å². The summed E-state index contributed by atoms with van der Waals surface area (Å²) in [6.45, 7) is 0. The number of hydrogen-bond donors (Lipinski definition) is 1. The summed E-state index contributed by atoms with van der Waals surface area (Å²) in [5, 5.41) is 0.299. The van der Waals surface area contributed by atoms with E-state index in [9.17, 15) is 4.79 Å². The molecule has 1 aromatic rings. The molecule has 0 aliphatic rings. The molecule has 13 heavy (non-hydrogen) atoms. The summed E-state index contributed by atoms with van der Waals surface area (Å²) in [7, 11) is 0. The number of carbonyl (C=O) groups excluding carboxylic acids is 1. The molecule has 0 aliphatic carbocycles. The first-order valence-corrected chi connectivity index (χ1v) is 3.95. The smallest absolute Gasteiger partial charge is 0.144 e. The highest BCUT2D eigenvalue weighted by Gasteiger charge is 1.97. The monoisotopic (exact) mass is 194 g/mol. The van der Waals surface area contributed by atoms with Crippen molar-refractivity contribution in [2.24, 2.45) is 0 Å². The van der Waals surface area contributed by atoms with Crippen molar-refractivity contribution in [3.63, 3.8) is 0 Å². The van der Waals surface area contributed by atoms with Crippen LogP contribution in [0.4, 0.5) is 5.69 Å². The molecule has 0 amide bonds. The number of nitrogens with two attached hydrogens (primary N) is 1. The Kier molecular flexibility index (Phi) is 3.30. The SMILES string of the molecule is Nc1cnc(Cl)c(C#CCC=O)c1. The molecule has 0 aromatic carbocycles. The highest BCUT2D eigenvalue weighted by Crippen LogP contribution is 2.13. The van der Waals surface area contributed by atoms with Gasteiger partial charge in [-0.2, -0.15) is 0 Å². The van der Waals surface area contributed by atoms with Crippen LogP contribution in [0.2, 0.25) is 5.15 Å². The van der Waals surface area contributed by atoms with Crippen LogP contribution in [0.5, 0.6) is 0 Å². The third kappa shape index (κ3) is 2.77. The number of carbonyl (C=O) groups is 1. The number of aldehydes is 1. The topological polar surface area (TPSA) is 56.0 Å². The van der Waals surface area contributed by atoms with Crippen LogP contribution in [0.25, 0.3) is 0 Å². The molecule has 66 valence electrons. The molecule has 1 aromatic heterocycles. The van der Waals surface area contributed by atoms with E-state index >= 15 is 0 Å². The number of anilines is 1. The van der Waals surface area contributed by atoms with Gasteiger partial charge in [-0.05, 0) is 6.07 Å². The van der Waals surface area contributed by atoms with Gasteiger partial charge in [-0.15, -0.1) is 0 Å². The molecular weight excluding hydrogens is 188 g/mol. The van der Waals surface area contributed by atoms with Gasteiger partial charge in [-0.1, -0.05) is 23.4 Å². The second-order valence-corrected chi connectivity index (χ2v) is 2.64. The number of pyridine rings is 1. The van der Waals surface area contributed by atoms with Crippen LogP contribution < -0.4 is 5.73 Å². The maximum absolute atomic E-state index is 9.97. The Morgan fingerprint density at radius 2 is 2.46 bits per heavy atom. The third-order valence-corrected chi connectivity index (χ3v) is 1.57. The van der Waals surface area contributed by atoms with Crippen molar-refractivity contribution in [2.45, 2.75) is 6.42 Å². The second-order valence-electron chi connectivity index (χ2n) is 2.28. The minimum atomic E-state index is 0.186. The van der Waals surface area contributed by atoms with E-state index in [0.29, 0.717) is 16.4 Å². The van der Waals surface area contributed by atoms with Crippen LogP contribution >= 0.6 is 11.6 Å². The second kappa shape index (κ2) is 4.48. The molecule has 0 fully saturated rings. The maximum atomic E-state index is 9.97. The van der Waals surface area contributed by atoms with Crippen molar-refractivity contribution >= 4 is 23.6 Å². The lowest BCUT2D eigenvalue weighted by molar-refractivity contribution is -0.107. The molecule has 0 aliphatic heterocycles. The predicted molar refractivity (Wildman–Crippen MR) is 51.2 cm³/mol. The number of aromatic nitrogens is 1. The summed E-state index contributed by atoms with van der Waals surface area (Å²) in [5.74, 6) is 5.32. The normalized spacial score (nSPS) is 8.69. The Morgan fingerprint density at radius 3 is 3.15 bits per heavy atom. The molecule has 1 rings (SSSR count). The minimum absolute atomic E-state index is 0.186. The summed E-state index contributed by atoms with van der Waals surface area (Å²) in [6, 6.07) is 1.62. The standard InChI is InChI=1S/C9H7ClN2O/c10-9-7(3-1-2-4-13)5-8(11)6-12-9/h4-6H,2,11H2. The van der Waals surface area contributed by atoms with Crippen molar-refractivity contribution < 1.29 is 4.79 Å². The maximum Gasteiger partial charge on any atom is 0.144 e. The zero-order chi connectivity index (χ0) is 9.68. The molecule has 2 N–H and O–H groups in total. The molecule has 1 heterocycles. The van der Waals surface area contributed by atoms with Crippen molar-refractivity contribution in [3.05, 3.63) is 23.0 Å². The van der Waals surface area contributed by atoms with E-state index in [-0.39, 0.29) is 6.42 Å². The van der Waals surface area contributed by atoms with Gasteiger partial charge in [0.05, 0.1) is 23.9 Å². The average Bonchev–Trinajstić information content (AvgIpc) is 2.11. The molecule has 0 atom stereocenters. The van der Waals surface area contributed by atoms with Crippen LogP contribution in [-0.2, 0) is 4.79 Å². The van der Waals surface area contributed by atoms with Crippen molar-refractivity contribution in [1.82, 2.24) is 4.98 Å². The van der Waals surface area contributed by atoms with Crippen LogP contribution in [0.1, 0.15) is 12.0 Å². The fourth-order valence-corrected chi connectivity index (χ4v) is 0.890. The summed E-state index contributed by atoms with van der Waals surface area (Å²) < 4.78 is 0. The van der Waals surface area contributed by atoms with E-state index in [1.54, 1.807) is 6.07 Å². The number of nitrogen functional groups attached to an aromatic ring is 1. The van der Waals surface area contributed by atoms with E-state index in [4.69, 9.17) is 17.3 Å². The Bertz CT molecular complexity index is 379. The van der Waals surface area contributed by atoms with Gasteiger partial charge < -0.3 is 10.5 Å². The molecule has 4 heteroatoms. The minimum Gasteiger partial charge on any atom is -0.397 e. The molecule has 0 bridgehead atoms. The first kappa shape index (κ1) is 9.56. The molecular formula is C9H7ClN2O. The zero-order valence-corrected chi connectivity index (χ0v) is 7.51. The fraction of sp³-hybridized carbons (Fsp3) is 0.111. The van der Waals surface area contributed by atoms with Gasteiger partial charge in [0, 0.05) is 0 Å². The lowest BCUT2D eigenvalue weighted by atomic mass is 10.2. The largest absolute Gasteiger partial charge is 0.397 e. The van der Waals surface area contributed by atoms with Gasteiger partial charge in [0.1, 0.15) is 11.4 Å². The van der Waals surface area contributed by atoms with E-state index in [2.05, 4.69) is 16.8 Å². The Labute approximate surface area is 80.9 Å². The number of halogens is 1. The Hall–Kier alpha value is -1.53. The van der Waals surface area contributed by atoms with Gasteiger partial charge in [0.2, 0.25) is 0 Å². The number of hydrogen-bond acceptors (Lipinski definition) is 3. The molecule has 0 saturated heterocycles. The molecule has 3 nitrogen and oxygen atoms in total. The van der Waals surface area contributed by atoms with Crippen molar-refractivity contribution in [3.8, 4) is 11.8 Å². The summed E-state index contributed by atoms with van der Waals surface area (Å²) in [6.07, 6.45) is 2.36. The molecule has 0 unspecified atom stereocenters. The fourth-order valence-electron chi connectivity index (χ4n) is 0.740. The molecule has 0 radical (unpaired) electrons. The summed E-state index contributed by atoms with van der Waals surface area (Å²) >= 11 is 5.72. The first-order chi connectivity index (χ1) is 6.24. The van der Waals surface area contributed by atoms with Crippen molar-refractivity contribution in [2.75, 3.05) is 5.73 Å². The Balaban J connectivity index is 2.95. The van der Waals surface area contributed by atoms with Crippen LogP contribution in [-0.4, -0.2) is 11.3 Å². The van der Waals surface area contributed by atoms with E-state index < -0.39 is 0 Å². The summed E-state index contributed by atoms with van der Waals surface area (Å²) in [5.41, 5.74) is 6.52. The zero-order valence-electron chi connectivity index (χ0n) is 6.75. The first-order valence-electron chi connectivity index (χ1n) is 3.57. The molecule has 0 spiro atoms. The van der Waals surface area contributed by atoms with Crippen LogP contribution in [0.3, 0.4) is 0 Å². The highest BCUT2D eigenvalue weighted by molar-refractivity contribution is 6.30. The lowest BCUT2D eigenvalue weighted by Crippen LogP contribution is -1.89. The number of nitrogens with zero attached hydrogens (tertiary/aromatic N) is 1. The van der Waals surface area contributed by atoms with Crippen LogP contribution in [0.15, 0.2) is 12.3 Å². The average molecular weight is 195 g/mol. The van der Waals surface area contributed by atoms with Gasteiger partial charge in [0.15, 0.2) is 0 Å². The third-order valence-electron chi connectivity index (χ3n) is 1.27. The van der Waals surface area contributed by atoms with Gasteiger partial charge in [-0.25, -0.2) is 4.98 Å². The van der Waals surface area contributed by atoms with Gasteiger partial charge >= 0.3 is 0 Å². The number of rotatable bonds is 1. The van der Waals surface area contributed by atoms with E-state index in [0.717, 1.165) is 6.29 Å². The lowest BCUT2D eigenvalue weighted by Gasteiger charge is -1.95. The molecule has 0 saturated carbocycles.